The molecule has 2 N–H and O–H groups in total. The van der Waals surface area contributed by atoms with Crippen molar-refractivity contribution in [1.82, 2.24) is 24.6 Å². The van der Waals surface area contributed by atoms with Gasteiger partial charge < -0.3 is 15.2 Å². The Labute approximate surface area is 280 Å². The van der Waals surface area contributed by atoms with Gasteiger partial charge in [-0.15, -0.1) is 10.2 Å². The van der Waals surface area contributed by atoms with Crippen molar-refractivity contribution in [1.29, 1.82) is 0 Å². The molecule has 0 radical (unpaired) electrons. The zero-order valence-electron chi connectivity index (χ0n) is 27.6. The number of carbonyl (C=O) groups excluding carboxylic acids is 2. The van der Waals surface area contributed by atoms with Gasteiger partial charge in [0.15, 0.2) is 17.3 Å². The second kappa shape index (κ2) is 13.5. The summed E-state index contributed by atoms with van der Waals surface area (Å²) in [5, 5.41) is 6.73. The van der Waals surface area contributed by atoms with E-state index in [2.05, 4.69) is 10.2 Å². The zero-order chi connectivity index (χ0) is 35.9. The molecule has 1 unspecified atom stereocenters. The number of carbonyl (C=O) groups is 2. The molecule has 2 amide bonds. The minimum Gasteiger partial charge on any atom is -0.369 e. The van der Waals surface area contributed by atoms with Gasteiger partial charge in [-0.05, 0) is 60.8 Å². The quantitative estimate of drug-likeness (QED) is 0.232. The third-order valence-electron chi connectivity index (χ3n) is 9.05. The fraction of sp³-hybridized carbons (Fsp3) is 0.500. The second-order valence-electron chi connectivity index (χ2n) is 13.4. The molecule has 2 aliphatic rings. The Bertz CT molecular complexity index is 1720. The molecule has 2 aliphatic heterocycles. The lowest BCUT2D eigenvalue weighted by molar-refractivity contribution is -0.148. The number of rotatable bonds is 10. The van der Waals surface area contributed by atoms with Gasteiger partial charge in [0.1, 0.15) is 0 Å². The van der Waals surface area contributed by atoms with Crippen LogP contribution in [0.25, 0.3) is 0 Å². The summed E-state index contributed by atoms with van der Waals surface area (Å²) < 4.78 is 84.1. The highest BCUT2D eigenvalue weighted by Gasteiger charge is 2.51. The Hall–Kier alpha value is -4.43. The lowest BCUT2D eigenvalue weighted by Crippen LogP contribution is -2.45. The van der Waals surface area contributed by atoms with Crippen molar-refractivity contribution in [2.75, 3.05) is 6.54 Å². The molecule has 15 heteroatoms. The standard InChI is InChI=1S/C34H39F6N7O2/c1-20(2)10-13-26(47-30(49)32(42-31(47)41,15-14-21(3)4)23-8-6-5-7-9-23)22-11-12-25(33(35,36)37)24(18-22)28(48)45-16-17-46-27(19-45)43-44-29(46)34(38,39)40/h5-9,11-12,18,20-21,26H,10,13-17,19H2,1-4H3,(H2,41,42)/t26?,32-/m1/s1. The maximum Gasteiger partial charge on any atom is 0.451 e. The fourth-order valence-electron chi connectivity index (χ4n) is 6.45. The van der Waals surface area contributed by atoms with Crippen molar-refractivity contribution >= 4 is 17.8 Å². The number of hydrogen-bond donors (Lipinski definition) is 1. The number of nitrogens with two attached hydrogens (primary N) is 1. The average molecular weight is 692 g/mol. The molecule has 0 aliphatic carbocycles. The van der Waals surface area contributed by atoms with Crippen LogP contribution in [-0.4, -0.2) is 48.9 Å². The molecule has 1 aromatic heterocycles. The topological polar surface area (TPSA) is 110 Å². The van der Waals surface area contributed by atoms with Gasteiger partial charge in [-0.2, -0.15) is 26.3 Å². The Balaban J connectivity index is 1.56. The first kappa shape index (κ1) is 35.9. The number of halogens is 6. The van der Waals surface area contributed by atoms with Crippen molar-refractivity contribution in [3.8, 4) is 0 Å². The van der Waals surface area contributed by atoms with Gasteiger partial charge >= 0.3 is 12.4 Å². The summed E-state index contributed by atoms with van der Waals surface area (Å²) in [7, 11) is 0. The molecule has 49 heavy (non-hydrogen) atoms. The van der Waals surface area contributed by atoms with E-state index in [0.717, 1.165) is 21.6 Å². The summed E-state index contributed by atoms with van der Waals surface area (Å²) in [6.45, 7) is 6.86. The summed E-state index contributed by atoms with van der Waals surface area (Å²) >= 11 is 0. The van der Waals surface area contributed by atoms with Crippen LogP contribution >= 0.6 is 0 Å². The largest absolute Gasteiger partial charge is 0.451 e. The summed E-state index contributed by atoms with van der Waals surface area (Å²) in [5.74, 6) is -2.57. The molecule has 2 aromatic carbocycles. The number of aliphatic imine (C=N–C) groups is 1. The maximum absolute atomic E-state index is 14.6. The Morgan fingerprint density at radius 1 is 0.898 bits per heavy atom. The SMILES string of the molecule is CC(C)CCC(c1ccc(C(F)(F)F)c(C(=O)N2CCn3c(nnc3C(F)(F)F)C2)c1)N1C(=O)[C@@](CCC(C)C)(c2ccccc2)N=C1N. The van der Waals surface area contributed by atoms with Crippen LogP contribution in [0.5, 0.6) is 0 Å². The molecular formula is C34H39F6N7O2. The average Bonchev–Trinajstić information content (AvgIpc) is 3.58. The second-order valence-corrected chi connectivity index (χ2v) is 13.4. The third kappa shape index (κ3) is 7.16. The summed E-state index contributed by atoms with van der Waals surface area (Å²) in [6, 6.07) is 11.3. The van der Waals surface area contributed by atoms with Crippen molar-refractivity contribution in [3.63, 3.8) is 0 Å². The van der Waals surface area contributed by atoms with Crippen LogP contribution in [0.15, 0.2) is 53.5 Å². The van der Waals surface area contributed by atoms with E-state index in [4.69, 9.17) is 10.7 Å². The van der Waals surface area contributed by atoms with E-state index in [9.17, 15) is 35.9 Å². The Kier molecular flexibility index (Phi) is 9.86. The predicted octanol–water partition coefficient (Wildman–Crippen LogP) is 6.94. The smallest absolute Gasteiger partial charge is 0.369 e. The van der Waals surface area contributed by atoms with Crippen LogP contribution in [0, 0.1) is 11.8 Å². The number of amides is 2. The Morgan fingerprint density at radius 2 is 1.57 bits per heavy atom. The van der Waals surface area contributed by atoms with Crippen LogP contribution < -0.4 is 5.73 Å². The first-order chi connectivity index (χ1) is 22.9. The molecule has 5 rings (SSSR count). The van der Waals surface area contributed by atoms with Crippen LogP contribution in [-0.2, 0) is 35.8 Å². The van der Waals surface area contributed by atoms with Gasteiger partial charge in [0.2, 0.25) is 5.82 Å². The number of aromatic nitrogens is 3. The van der Waals surface area contributed by atoms with E-state index in [0.29, 0.717) is 31.2 Å². The number of guanidine groups is 1. The minimum absolute atomic E-state index is 0.0741. The molecule has 0 fully saturated rings. The molecule has 0 bridgehead atoms. The van der Waals surface area contributed by atoms with Crippen LogP contribution in [0.4, 0.5) is 26.3 Å². The first-order valence-electron chi connectivity index (χ1n) is 16.2. The summed E-state index contributed by atoms with van der Waals surface area (Å²) in [5.41, 5.74) is 4.17. The van der Waals surface area contributed by atoms with Crippen LogP contribution in [0.2, 0.25) is 0 Å². The number of alkyl halides is 6. The monoisotopic (exact) mass is 691 g/mol. The number of hydrogen-bond acceptors (Lipinski definition) is 6. The minimum atomic E-state index is -4.93. The molecule has 0 spiro atoms. The molecule has 2 atom stereocenters. The zero-order valence-corrected chi connectivity index (χ0v) is 27.6. The number of benzene rings is 2. The molecule has 264 valence electrons. The van der Waals surface area contributed by atoms with E-state index >= 15 is 0 Å². The first-order valence-corrected chi connectivity index (χ1v) is 16.2. The molecule has 3 heterocycles. The fourth-order valence-corrected chi connectivity index (χ4v) is 6.45. The molecule has 9 nitrogen and oxygen atoms in total. The molecule has 0 saturated heterocycles. The van der Waals surface area contributed by atoms with Crippen molar-refractivity contribution in [2.45, 2.75) is 90.4 Å². The van der Waals surface area contributed by atoms with Crippen molar-refractivity contribution in [3.05, 3.63) is 82.4 Å². The van der Waals surface area contributed by atoms with Crippen LogP contribution in [0.3, 0.4) is 0 Å². The Morgan fingerprint density at radius 3 is 2.18 bits per heavy atom. The van der Waals surface area contributed by atoms with E-state index in [-0.39, 0.29) is 42.3 Å². The molecular weight excluding hydrogens is 652 g/mol. The van der Waals surface area contributed by atoms with Gasteiger partial charge in [-0.3, -0.25) is 14.5 Å². The van der Waals surface area contributed by atoms with Gasteiger partial charge in [-0.25, -0.2) is 4.99 Å². The summed E-state index contributed by atoms with van der Waals surface area (Å²) in [4.78, 5) is 35.5. The normalized spacial score (nSPS) is 19.1. The van der Waals surface area contributed by atoms with Gasteiger partial charge in [0.25, 0.3) is 11.8 Å². The van der Waals surface area contributed by atoms with Gasteiger partial charge in [-0.1, -0.05) is 64.1 Å². The highest BCUT2D eigenvalue weighted by atomic mass is 19.4. The maximum atomic E-state index is 14.6. The highest BCUT2D eigenvalue weighted by Crippen LogP contribution is 2.44. The van der Waals surface area contributed by atoms with E-state index < -0.39 is 59.2 Å². The van der Waals surface area contributed by atoms with Gasteiger partial charge in [0.05, 0.1) is 23.7 Å². The van der Waals surface area contributed by atoms with E-state index in [1.54, 1.807) is 24.3 Å². The summed E-state index contributed by atoms with van der Waals surface area (Å²) in [6.07, 6.45) is -7.84. The van der Waals surface area contributed by atoms with E-state index in [1.807, 2.05) is 33.8 Å². The third-order valence-corrected chi connectivity index (χ3v) is 9.05. The highest BCUT2D eigenvalue weighted by molar-refractivity contribution is 6.07. The number of nitrogens with zero attached hydrogens (tertiary/aromatic N) is 6. The van der Waals surface area contributed by atoms with E-state index in [1.165, 1.54) is 11.0 Å². The van der Waals surface area contributed by atoms with Crippen molar-refractivity contribution in [2.24, 2.45) is 22.6 Å². The van der Waals surface area contributed by atoms with Gasteiger partial charge in [0, 0.05) is 13.1 Å². The van der Waals surface area contributed by atoms with Crippen molar-refractivity contribution < 1.29 is 35.9 Å². The lowest BCUT2D eigenvalue weighted by Gasteiger charge is -2.33. The van der Waals surface area contributed by atoms with Crippen LogP contribution in [0.1, 0.15) is 98.1 Å². The number of fused-ring (bicyclic) bond motifs is 1. The molecule has 0 saturated carbocycles. The lowest BCUT2D eigenvalue weighted by atomic mass is 9.83. The predicted molar refractivity (Wildman–Crippen MR) is 169 cm³/mol. The molecule has 3 aromatic rings.